The summed E-state index contributed by atoms with van der Waals surface area (Å²) in [6.07, 6.45) is 0.720. The van der Waals surface area contributed by atoms with Gasteiger partial charge in [-0.25, -0.2) is 4.39 Å². The molecular weight excluding hydrogens is 243 g/mol. The summed E-state index contributed by atoms with van der Waals surface area (Å²) in [5.41, 5.74) is 0.981. The molecule has 1 amide bonds. The Morgan fingerprint density at radius 3 is 2.79 bits per heavy atom. The van der Waals surface area contributed by atoms with E-state index in [4.69, 9.17) is 0 Å². The van der Waals surface area contributed by atoms with E-state index in [9.17, 15) is 9.18 Å². The molecule has 1 aliphatic rings. The van der Waals surface area contributed by atoms with Crippen molar-refractivity contribution in [2.75, 3.05) is 13.1 Å². The maximum Gasteiger partial charge on any atom is 0.238 e. The Balaban J connectivity index is 2.13. The molecule has 1 aliphatic heterocycles. The van der Waals surface area contributed by atoms with Crippen LogP contribution in [0.1, 0.15) is 38.9 Å². The van der Waals surface area contributed by atoms with Crippen molar-refractivity contribution < 1.29 is 9.18 Å². The number of halogens is 1. The SMILES string of the molecule is CC(C)(C)CCN1C(=O)CNC1c1cccc(F)c1. The molecule has 1 N–H and O–H groups in total. The van der Waals surface area contributed by atoms with E-state index < -0.39 is 0 Å². The van der Waals surface area contributed by atoms with Gasteiger partial charge in [-0.2, -0.15) is 0 Å². The quantitative estimate of drug-likeness (QED) is 0.910. The molecule has 0 saturated carbocycles. The molecule has 104 valence electrons. The Morgan fingerprint density at radius 2 is 2.16 bits per heavy atom. The summed E-state index contributed by atoms with van der Waals surface area (Å²) >= 11 is 0. The van der Waals surface area contributed by atoms with E-state index >= 15 is 0 Å². The molecule has 0 aromatic heterocycles. The van der Waals surface area contributed by atoms with Crippen LogP contribution in [-0.2, 0) is 4.79 Å². The third-order valence-corrected chi connectivity index (χ3v) is 3.35. The standard InChI is InChI=1S/C15H21FN2O/c1-15(2,3)7-8-18-13(19)10-17-14(18)11-5-4-6-12(16)9-11/h4-6,9,14,17H,7-8,10H2,1-3H3. The van der Waals surface area contributed by atoms with Gasteiger partial charge in [0, 0.05) is 6.54 Å². The van der Waals surface area contributed by atoms with Crippen molar-refractivity contribution in [2.45, 2.75) is 33.4 Å². The lowest BCUT2D eigenvalue weighted by Crippen LogP contribution is -2.33. The van der Waals surface area contributed by atoms with Crippen molar-refractivity contribution in [3.63, 3.8) is 0 Å². The van der Waals surface area contributed by atoms with Gasteiger partial charge >= 0.3 is 0 Å². The van der Waals surface area contributed by atoms with E-state index in [-0.39, 0.29) is 23.3 Å². The molecule has 1 fully saturated rings. The van der Waals surface area contributed by atoms with Gasteiger partial charge in [0.2, 0.25) is 5.91 Å². The summed E-state index contributed by atoms with van der Waals surface area (Å²) in [6.45, 7) is 7.47. The van der Waals surface area contributed by atoms with Crippen LogP contribution < -0.4 is 5.32 Å². The Labute approximate surface area is 113 Å². The smallest absolute Gasteiger partial charge is 0.238 e. The summed E-state index contributed by atoms with van der Waals surface area (Å²) in [6, 6.07) is 6.43. The number of carbonyl (C=O) groups excluding carboxylic acids is 1. The number of rotatable bonds is 3. The van der Waals surface area contributed by atoms with Gasteiger partial charge in [-0.3, -0.25) is 10.1 Å². The number of hydrogen-bond donors (Lipinski definition) is 1. The maximum absolute atomic E-state index is 13.3. The largest absolute Gasteiger partial charge is 0.322 e. The van der Waals surface area contributed by atoms with Crippen molar-refractivity contribution in [2.24, 2.45) is 5.41 Å². The Kier molecular flexibility index (Phi) is 3.90. The molecule has 3 nitrogen and oxygen atoms in total. The van der Waals surface area contributed by atoms with Gasteiger partial charge in [-0.15, -0.1) is 0 Å². The average molecular weight is 264 g/mol. The highest BCUT2D eigenvalue weighted by Crippen LogP contribution is 2.26. The first-order valence-corrected chi connectivity index (χ1v) is 6.65. The number of amides is 1. The van der Waals surface area contributed by atoms with Crippen molar-refractivity contribution in [3.8, 4) is 0 Å². The molecule has 1 saturated heterocycles. The number of carbonyl (C=O) groups is 1. The number of nitrogens with one attached hydrogen (secondary N) is 1. The highest BCUT2D eigenvalue weighted by Gasteiger charge is 2.32. The predicted octanol–water partition coefficient (Wildman–Crippen LogP) is 2.69. The molecular formula is C15H21FN2O. The first kappa shape index (κ1) is 14.0. The fraction of sp³-hybridized carbons (Fsp3) is 0.533. The zero-order valence-corrected chi connectivity index (χ0v) is 11.7. The normalized spacial score (nSPS) is 20.1. The second kappa shape index (κ2) is 5.29. The molecule has 1 aromatic carbocycles. The number of nitrogens with zero attached hydrogens (tertiary/aromatic N) is 1. The van der Waals surface area contributed by atoms with Crippen LogP contribution in [0.25, 0.3) is 0 Å². The van der Waals surface area contributed by atoms with E-state index in [1.807, 2.05) is 6.07 Å². The lowest BCUT2D eigenvalue weighted by Gasteiger charge is -2.28. The Morgan fingerprint density at radius 1 is 1.42 bits per heavy atom. The van der Waals surface area contributed by atoms with Gasteiger partial charge in [0.05, 0.1) is 6.54 Å². The van der Waals surface area contributed by atoms with Crippen LogP contribution in [0.4, 0.5) is 4.39 Å². The van der Waals surface area contributed by atoms with E-state index in [0.717, 1.165) is 12.0 Å². The number of hydrogen-bond acceptors (Lipinski definition) is 2. The third-order valence-electron chi connectivity index (χ3n) is 3.35. The minimum Gasteiger partial charge on any atom is -0.322 e. The zero-order valence-electron chi connectivity index (χ0n) is 11.7. The minimum atomic E-state index is -0.269. The molecule has 1 aromatic rings. The summed E-state index contributed by atoms with van der Waals surface area (Å²) in [5.74, 6) is -0.187. The van der Waals surface area contributed by atoms with Crippen molar-refractivity contribution in [3.05, 3.63) is 35.6 Å². The lowest BCUT2D eigenvalue weighted by molar-refractivity contribution is -0.128. The average Bonchev–Trinajstić information content (AvgIpc) is 2.67. The highest BCUT2D eigenvalue weighted by molar-refractivity contribution is 5.80. The topological polar surface area (TPSA) is 32.3 Å². The fourth-order valence-electron chi connectivity index (χ4n) is 2.22. The molecule has 19 heavy (non-hydrogen) atoms. The monoisotopic (exact) mass is 264 g/mol. The molecule has 0 bridgehead atoms. The molecule has 4 heteroatoms. The highest BCUT2D eigenvalue weighted by atomic mass is 19.1. The van der Waals surface area contributed by atoms with Crippen molar-refractivity contribution in [1.29, 1.82) is 0 Å². The summed E-state index contributed by atoms with van der Waals surface area (Å²) in [4.78, 5) is 13.7. The van der Waals surface area contributed by atoms with Gasteiger partial charge in [0.15, 0.2) is 0 Å². The first-order chi connectivity index (χ1) is 8.87. The van der Waals surface area contributed by atoms with Gasteiger partial charge in [-0.05, 0) is 29.5 Å². The molecule has 1 atom stereocenters. The van der Waals surface area contributed by atoms with Crippen LogP contribution >= 0.6 is 0 Å². The second-order valence-electron chi connectivity index (χ2n) is 6.24. The van der Waals surface area contributed by atoms with Gasteiger partial charge in [0.1, 0.15) is 12.0 Å². The third kappa shape index (κ3) is 3.53. The minimum absolute atomic E-state index is 0.0820. The molecule has 1 heterocycles. The molecule has 0 radical (unpaired) electrons. The van der Waals surface area contributed by atoms with Crippen LogP contribution in [0.2, 0.25) is 0 Å². The Bertz CT molecular complexity index is 467. The second-order valence-corrected chi connectivity index (χ2v) is 6.24. The zero-order chi connectivity index (χ0) is 14.0. The van der Waals surface area contributed by atoms with E-state index in [1.54, 1.807) is 11.0 Å². The summed E-state index contributed by atoms with van der Waals surface area (Å²) in [5, 5.41) is 3.15. The first-order valence-electron chi connectivity index (χ1n) is 6.65. The van der Waals surface area contributed by atoms with Crippen LogP contribution in [-0.4, -0.2) is 23.9 Å². The molecule has 2 rings (SSSR count). The fourth-order valence-corrected chi connectivity index (χ4v) is 2.22. The Hall–Kier alpha value is -1.42. The molecule has 0 spiro atoms. The van der Waals surface area contributed by atoms with Crippen LogP contribution in [0.5, 0.6) is 0 Å². The van der Waals surface area contributed by atoms with Gasteiger partial charge in [-0.1, -0.05) is 32.9 Å². The van der Waals surface area contributed by atoms with Gasteiger partial charge < -0.3 is 4.90 Å². The number of benzene rings is 1. The predicted molar refractivity (Wildman–Crippen MR) is 72.9 cm³/mol. The van der Waals surface area contributed by atoms with Crippen LogP contribution in [0.3, 0.4) is 0 Å². The lowest BCUT2D eigenvalue weighted by atomic mass is 9.92. The van der Waals surface area contributed by atoms with E-state index in [0.29, 0.717) is 13.1 Å². The molecule has 0 aliphatic carbocycles. The van der Waals surface area contributed by atoms with Crippen molar-refractivity contribution in [1.82, 2.24) is 10.2 Å². The van der Waals surface area contributed by atoms with Crippen LogP contribution in [0.15, 0.2) is 24.3 Å². The van der Waals surface area contributed by atoms with Crippen molar-refractivity contribution >= 4 is 5.91 Å². The van der Waals surface area contributed by atoms with E-state index in [2.05, 4.69) is 26.1 Å². The summed E-state index contributed by atoms with van der Waals surface area (Å²) < 4.78 is 13.3. The van der Waals surface area contributed by atoms with Gasteiger partial charge in [0.25, 0.3) is 0 Å². The van der Waals surface area contributed by atoms with E-state index in [1.165, 1.54) is 12.1 Å². The van der Waals surface area contributed by atoms with Crippen LogP contribution in [0, 0.1) is 11.2 Å². The maximum atomic E-state index is 13.3. The molecule has 1 unspecified atom stereocenters. The summed E-state index contributed by atoms with van der Waals surface area (Å²) in [7, 11) is 0.